The third-order valence-corrected chi connectivity index (χ3v) is 2.07. The summed E-state index contributed by atoms with van der Waals surface area (Å²) in [5, 5.41) is 19.0. The first kappa shape index (κ1) is 10.9. The van der Waals surface area contributed by atoms with Crippen molar-refractivity contribution in [3.8, 4) is 0 Å². The van der Waals surface area contributed by atoms with Gasteiger partial charge in [0.05, 0.1) is 6.61 Å². The summed E-state index contributed by atoms with van der Waals surface area (Å²) >= 11 is 0. The minimum atomic E-state index is -1.04. The molecule has 0 unspecified atom stereocenters. The lowest BCUT2D eigenvalue weighted by Gasteiger charge is -2.36. The molecule has 0 aromatic carbocycles. The molecule has 0 saturated carbocycles. The lowest BCUT2D eigenvalue weighted by atomic mass is 10.1. The van der Waals surface area contributed by atoms with Crippen molar-refractivity contribution in [3.63, 3.8) is 0 Å². The van der Waals surface area contributed by atoms with Crippen molar-refractivity contribution in [2.75, 3.05) is 20.3 Å². The second-order valence-corrected chi connectivity index (χ2v) is 2.91. The van der Waals surface area contributed by atoms with E-state index < -0.39 is 24.6 Å². The van der Waals surface area contributed by atoms with Crippen LogP contribution in [0, 0.1) is 0 Å². The number of hydrogen-bond acceptors (Lipinski definition) is 5. The molecule has 0 aromatic rings. The van der Waals surface area contributed by atoms with E-state index in [1.54, 1.807) is 6.92 Å². The van der Waals surface area contributed by atoms with Crippen LogP contribution in [0.2, 0.25) is 0 Å². The van der Waals surface area contributed by atoms with E-state index in [1.165, 1.54) is 7.11 Å². The van der Waals surface area contributed by atoms with Crippen LogP contribution in [0.1, 0.15) is 6.92 Å². The molecular formula is C8H16O5. The molecule has 1 rings (SSSR count). The molecule has 0 bridgehead atoms. The number of hydrogen-bond donors (Lipinski definition) is 2. The van der Waals surface area contributed by atoms with Crippen LogP contribution in [0.25, 0.3) is 0 Å². The van der Waals surface area contributed by atoms with E-state index in [2.05, 4.69) is 0 Å². The van der Waals surface area contributed by atoms with Crippen molar-refractivity contribution in [3.05, 3.63) is 0 Å². The Hall–Kier alpha value is -0.200. The third kappa shape index (κ3) is 2.38. The predicted molar refractivity (Wildman–Crippen MR) is 44.2 cm³/mol. The van der Waals surface area contributed by atoms with E-state index in [0.717, 1.165) is 0 Å². The topological polar surface area (TPSA) is 68.2 Å². The Bertz CT molecular complexity index is 149. The van der Waals surface area contributed by atoms with Crippen LogP contribution in [0.15, 0.2) is 0 Å². The maximum Gasteiger partial charge on any atom is 0.186 e. The van der Waals surface area contributed by atoms with Gasteiger partial charge in [0, 0.05) is 13.7 Å². The molecular weight excluding hydrogens is 176 g/mol. The average Bonchev–Trinajstić information content (AvgIpc) is 2.14. The maximum atomic E-state index is 9.50. The summed E-state index contributed by atoms with van der Waals surface area (Å²) in [6, 6.07) is 0. The quantitative estimate of drug-likeness (QED) is 0.607. The van der Waals surface area contributed by atoms with Crippen LogP contribution in [-0.2, 0) is 14.2 Å². The van der Waals surface area contributed by atoms with Gasteiger partial charge < -0.3 is 24.4 Å². The van der Waals surface area contributed by atoms with Gasteiger partial charge in [-0.2, -0.15) is 0 Å². The summed E-state index contributed by atoms with van der Waals surface area (Å²) in [7, 11) is 1.46. The van der Waals surface area contributed by atoms with Gasteiger partial charge in [0.2, 0.25) is 0 Å². The van der Waals surface area contributed by atoms with E-state index >= 15 is 0 Å². The van der Waals surface area contributed by atoms with E-state index in [4.69, 9.17) is 14.2 Å². The highest BCUT2D eigenvalue weighted by molar-refractivity contribution is 4.83. The van der Waals surface area contributed by atoms with Crippen molar-refractivity contribution in [2.45, 2.75) is 31.5 Å². The Morgan fingerprint density at radius 2 is 2.08 bits per heavy atom. The van der Waals surface area contributed by atoms with E-state index in [9.17, 15) is 10.2 Å². The Kier molecular flexibility index (Phi) is 4.08. The predicted octanol–water partition coefficient (Wildman–Crippen LogP) is -0.884. The van der Waals surface area contributed by atoms with E-state index in [1.807, 2.05) is 0 Å². The molecule has 13 heavy (non-hydrogen) atoms. The first-order valence-electron chi connectivity index (χ1n) is 4.32. The monoisotopic (exact) mass is 192 g/mol. The van der Waals surface area contributed by atoms with Crippen LogP contribution in [0.5, 0.6) is 0 Å². The van der Waals surface area contributed by atoms with Crippen molar-refractivity contribution < 1.29 is 24.4 Å². The zero-order chi connectivity index (χ0) is 9.84. The van der Waals surface area contributed by atoms with Gasteiger partial charge in [-0.15, -0.1) is 0 Å². The zero-order valence-electron chi connectivity index (χ0n) is 7.84. The van der Waals surface area contributed by atoms with Gasteiger partial charge >= 0.3 is 0 Å². The first-order valence-corrected chi connectivity index (χ1v) is 4.32. The van der Waals surface area contributed by atoms with Crippen LogP contribution in [-0.4, -0.2) is 55.1 Å². The number of methoxy groups -OCH3 is 1. The summed E-state index contributed by atoms with van der Waals surface area (Å²) in [5.74, 6) is 0. The van der Waals surface area contributed by atoms with Gasteiger partial charge in [0.25, 0.3) is 0 Å². The number of rotatable bonds is 3. The Labute approximate surface area is 77.2 Å². The summed E-state index contributed by atoms with van der Waals surface area (Å²) in [6.07, 6.45) is -3.22. The average molecular weight is 192 g/mol. The van der Waals surface area contributed by atoms with E-state index in [-0.39, 0.29) is 6.61 Å². The second kappa shape index (κ2) is 4.88. The molecule has 5 nitrogen and oxygen atoms in total. The fourth-order valence-corrected chi connectivity index (χ4v) is 1.29. The summed E-state index contributed by atoms with van der Waals surface area (Å²) in [4.78, 5) is 0. The largest absolute Gasteiger partial charge is 0.387 e. The fraction of sp³-hybridized carbons (Fsp3) is 1.00. The standard InChI is InChI=1S/C8H16O5/c1-3-12-8-7(10)6(9)5(11-2)4-13-8/h5-10H,3-4H2,1-2H3/t5-,6+,7-,8-/m1/s1. The summed E-state index contributed by atoms with van der Waals surface area (Å²) in [5.41, 5.74) is 0. The van der Waals surface area contributed by atoms with Crippen LogP contribution < -0.4 is 0 Å². The van der Waals surface area contributed by atoms with Gasteiger partial charge in [0.15, 0.2) is 6.29 Å². The first-order chi connectivity index (χ1) is 6.20. The van der Waals surface area contributed by atoms with Crippen molar-refractivity contribution in [1.29, 1.82) is 0 Å². The SMILES string of the molecule is CCO[C@@H]1OC[C@@H](OC)[C@H](O)[C@H]1O. The highest BCUT2D eigenvalue weighted by Gasteiger charge is 2.38. The van der Waals surface area contributed by atoms with Crippen LogP contribution in [0.3, 0.4) is 0 Å². The van der Waals surface area contributed by atoms with Gasteiger partial charge in [-0.25, -0.2) is 0 Å². The smallest absolute Gasteiger partial charge is 0.186 e. The lowest BCUT2D eigenvalue weighted by Crippen LogP contribution is -2.54. The van der Waals surface area contributed by atoms with Crippen molar-refractivity contribution in [2.24, 2.45) is 0 Å². The van der Waals surface area contributed by atoms with E-state index in [0.29, 0.717) is 6.61 Å². The third-order valence-electron chi connectivity index (χ3n) is 2.07. The molecule has 0 spiro atoms. The maximum absolute atomic E-state index is 9.50. The summed E-state index contributed by atoms with van der Waals surface area (Å²) < 4.78 is 15.1. The molecule has 1 aliphatic rings. The molecule has 0 aromatic heterocycles. The molecule has 1 saturated heterocycles. The van der Waals surface area contributed by atoms with Gasteiger partial charge in [0.1, 0.15) is 18.3 Å². The molecule has 2 N–H and O–H groups in total. The molecule has 1 aliphatic heterocycles. The van der Waals surface area contributed by atoms with Gasteiger partial charge in [-0.3, -0.25) is 0 Å². The van der Waals surface area contributed by atoms with Crippen LogP contribution >= 0.6 is 0 Å². The Morgan fingerprint density at radius 1 is 1.38 bits per heavy atom. The minimum Gasteiger partial charge on any atom is -0.387 e. The number of aliphatic hydroxyl groups is 2. The Balaban J connectivity index is 2.48. The molecule has 1 heterocycles. The molecule has 0 aliphatic carbocycles. The zero-order valence-corrected chi connectivity index (χ0v) is 7.84. The van der Waals surface area contributed by atoms with Crippen molar-refractivity contribution in [1.82, 2.24) is 0 Å². The number of ether oxygens (including phenoxy) is 3. The second-order valence-electron chi connectivity index (χ2n) is 2.91. The number of aliphatic hydroxyl groups excluding tert-OH is 2. The molecule has 78 valence electrons. The molecule has 0 amide bonds. The lowest BCUT2D eigenvalue weighted by molar-refractivity contribution is -0.272. The van der Waals surface area contributed by atoms with Crippen molar-refractivity contribution >= 4 is 0 Å². The minimum absolute atomic E-state index is 0.236. The molecule has 4 atom stereocenters. The molecule has 5 heteroatoms. The normalized spacial score (nSPS) is 40.6. The fourth-order valence-electron chi connectivity index (χ4n) is 1.29. The van der Waals surface area contributed by atoms with Gasteiger partial charge in [-0.05, 0) is 6.92 Å². The molecule has 0 radical (unpaired) electrons. The molecule has 1 fully saturated rings. The highest BCUT2D eigenvalue weighted by atomic mass is 16.7. The highest BCUT2D eigenvalue weighted by Crippen LogP contribution is 2.18. The summed E-state index contributed by atoms with van der Waals surface area (Å²) in [6.45, 7) is 2.47. The van der Waals surface area contributed by atoms with Gasteiger partial charge in [-0.1, -0.05) is 0 Å². The van der Waals surface area contributed by atoms with Crippen LogP contribution in [0.4, 0.5) is 0 Å². The Morgan fingerprint density at radius 3 is 2.62 bits per heavy atom.